The van der Waals surface area contributed by atoms with Crippen LogP contribution < -0.4 is 14.8 Å². The summed E-state index contributed by atoms with van der Waals surface area (Å²) < 4.78 is 10.5. The number of hydrogen-bond acceptors (Lipinski definition) is 4. The molecule has 1 aliphatic rings. The van der Waals surface area contributed by atoms with Crippen molar-refractivity contribution in [2.45, 2.75) is 32.4 Å². The van der Waals surface area contributed by atoms with Crippen molar-refractivity contribution in [1.82, 2.24) is 10.2 Å². The first-order valence-corrected chi connectivity index (χ1v) is 9.86. The van der Waals surface area contributed by atoms with Crippen LogP contribution in [-0.2, 0) is 4.79 Å². The van der Waals surface area contributed by atoms with E-state index in [1.165, 1.54) is 0 Å². The molecule has 1 fully saturated rings. The molecule has 6 nitrogen and oxygen atoms in total. The Bertz CT molecular complexity index is 848. The fraction of sp³-hybridized carbons (Fsp3) is 0.391. The zero-order chi connectivity index (χ0) is 21.0. The maximum absolute atomic E-state index is 13.1. The van der Waals surface area contributed by atoms with Crippen molar-refractivity contribution in [3.8, 4) is 11.5 Å². The fourth-order valence-electron chi connectivity index (χ4n) is 3.95. The van der Waals surface area contributed by atoms with Crippen LogP contribution in [0.25, 0.3) is 0 Å². The molecule has 0 spiro atoms. The van der Waals surface area contributed by atoms with Crippen molar-refractivity contribution in [1.29, 1.82) is 0 Å². The van der Waals surface area contributed by atoms with E-state index in [-0.39, 0.29) is 36.2 Å². The second-order valence-corrected chi connectivity index (χ2v) is 7.21. The van der Waals surface area contributed by atoms with Gasteiger partial charge in [-0.05, 0) is 42.3 Å². The summed E-state index contributed by atoms with van der Waals surface area (Å²) >= 11 is 0. The maximum atomic E-state index is 13.1. The quantitative estimate of drug-likeness (QED) is 0.825. The Balaban J connectivity index is 2.06. The van der Waals surface area contributed by atoms with Crippen LogP contribution in [0.15, 0.2) is 48.5 Å². The number of ether oxygens (including phenoxy) is 2. The van der Waals surface area contributed by atoms with Gasteiger partial charge in [0.15, 0.2) is 0 Å². The van der Waals surface area contributed by atoms with Gasteiger partial charge in [0.1, 0.15) is 17.3 Å². The van der Waals surface area contributed by atoms with E-state index in [9.17, 15) is 9.59 Å². The lowest BCUT2D eigenvalue weighted by atomic mass is 9.80. The molecule has 0 aromatic heterocycles. The zero-order valence-corrected chi connectivity index (χ0v) is 17.3. The third kappa shape index (κ3) is 4.21. The summed E-state index contributed by atoms with van der Waals surface area (Å²) in [6.07, 6.45) is 0.289. The first-order valence-electron chi connectivity index (χ1n) is 9.86. The summed E-state index contributed by atoms with van der Waals surface area (Å²) in [5, 5.41) is 2.92. The van der Waals surface area contributed by atoms with Crippen molar-refractivity contribution < 1.29 is 19.1 Å². The van der Waals surface area contributed by atoms with Crippen molar-refractivity contribution in [3.05, 3.63) is 59.7 Å². The summed E-state index contributed by atoms with van der Waals surface area (Å²) in [4.78, 5) is 27.9. The number of Topliss-reactive ketones (excluding diaryl/α,β-unsaturated/α-hetero) is 1. The van der Waals surface area contributed by atoms with Crippen molar-refractivity contribution in [2.75, 3.05) is 20.8 Å². The van der Waals surface area contributed by atoms with Crippen LogP contribution in [0.1, 0.15) is 43.5 Å². The van der Waals surface area contributed by atoms with Crippen molar-refractivity contribution in [3.63, 3.8) is 0 Å². The summed E-state index contributed by atoms with van der Waals surface area (Å²) in [5.41, 5.74) is 1.83. The Morgan fingerprint density at radius 2 is 1.52 bits per heavy atom. The molecule has 29 heavy (non-hydrogen) atoms. The normalized spacial score (nSPS) is 21.6. The molecule has 3 rings (SSSR count). The Kier molecular flexibility index (Phi) is 6.42. The van der Waals surface area contributed by atoms with Crippen LogP contribution in [0.2, 0.25) is 0 Å². The van der Waals surface area contributed by atoms with E-state index in [1.807, 2.05) is 67.3 Å². The van der Waals surface area contributed by atoms with Gasteiger partial charge in [-0.3, -0.25) is 4.79 Å². The van der Waals surface area contributed by atoms with E-state index < -0.39 is 0 Å². The molecule has 2 aromatic rings. The summed E-state index contributed by atoms with van der Waals surface area (Å²) in [6, 6.07) is 14.3. The number of nitrogens with one attached hydrogen (secondary N) is 1. The Morgan fingerprint density at radius 1 is 1.00 bits per heavy atom. The molecule has 0 saturated carbocycles. The predicted molar refractivity (Wildman–Crippen MR) is 111 cm³/mol. The number of carbonyl (C=O) groups is 2. The van der Waals surface area contributed by atoms with Crippen LogP contribution in [0.5, 0.6) is 11.5 Å². The van der Waals surface area contributed by atoms with Gasteiger partial charge in [0, 0.05) is 18.9 Å². The topological polar surface area (TPSA) is 67.9 Å². The van der Waals surface area contributed by atoms with E-state index in [0.29, 0.717) is 6.54 Å². The second kappa shape index (κ2) is 8.99. The van der Waals surface area contributed by atoms with Crippen molar-refractivity contribution >= 4 is 11.8 Å². The van der Waals surface area contributed by atoms with E-state index in [1.54, 1.807) is 14.2 Å². The molecule has 1 aliphatic heterocycles. The zero-order valence-electron chi connectivity index (χ0n) is 17.3. The van der Waals surface area contributed by atoms with Gasteiger partial charge in [0.05, 0.1) is 26.3 Å². The number of carbonyl (C=O) groups excluding carboxylic acids is 2. The Morgan fingerprint density at radius 3 is 2.00 bits per heavy atom. The number of ketones is 1. The number of urea groups is 1. The molecule has 2 amide bonds. The molecule has 1 saturated heterocycles. The lowest BCUT2D eigenvalue weighted by Crippen LogP contribution is -2.51. The van der Waals surface area contributed by atoms with Crippen LogP contribution in [0.3, 0.4) is 0 Å². The minimum absolute atomic E-state index is 0.146. The van der Waals surface area contributed by atoms with Gasteiger partial charge in [0.2, 0.25) is 0 Å². The molecule has 3 atom stereocenters. The molecule has 0 unspecified atom stereocenters. The molecule has 1 N–H and O–H groups in total. The van der Waals surface area contributed by atoms with Gasteiger partial charge in [-0.1, -0.05) is 31.2 Å². The highest BCUT2D eigenvalue weighted by Gasteiger charge is 2.43. The number of rotatable bonds is 5. The number of benzene rings is 2. The molecule has 0 aliphatic carbocycles. The first-order chi connectivity index (χ1) is 14.0. The average Bonchev–Trinajstić information content (AvgIpc) is 2.75. The molecule has 1 heterocycles. The van der Waals surface area contributed by atoms with Crippen molar-refractivity contribution in [2.24, 2.45) is 5.92 Å². The van der Waals surface area contributed by atoms with E-state index in [0.717, 1.165) is 22.6 Å². The number of hydrogen-bond donors (Lipinski definition) is 1. The molecule has 0 bridgehead atoms. The van der Waals surface area contributed by atoms with Crippen LogP contribution >= 0.6 is 0 Å². The largest absolute Gasteiger partial charge is 0.497 e. The minimum atomic E-state index is -0.360. The van der Waals surface area contributed by atoms with Crippen LogP contribution in [0, 0.1) is 5.92 Å². The first kappa shape index (κ1) is 20.7. The van der Waals surface area contributed by atoms with Gasteiger partial charge < -0.3 is 19.7 Å². The number of amides is 2. The molecule has 2 aromatic carbocycles. The number of nitrogens with zero attached hydrogens (tertiary/aromatic N) is 1. The predicted octanol–water partition coefficient (Wildman–Crippen LogP) is 4.13. The number of likely N-dealkylation sites (tertiary alicyclic amines) is 1. The third-order valence-corrected chi connectivity index (χ3v) is 5.53. The number of piperidine rings is 1. The molecule has 0 radical (unpaired) electrons. The van der Waals surface area contributed by atoms with Gasteiger partial charge in [-0.15, -0.1) is 0 Å². The Hall–Kier alpha value is -3.02. The Labute approximate surface area is 171 Å². The summed E-state index contributed by atoms with van der Waals surface area (Å²) in [7, 11) is 3.23. The van der Waals surface area contributed by atoms with Gasteiger partial charge in [0.25, 0.3) is 0 Å². The van der Waals surface area contributed by atoms with E-state index >= 15 is 0 Å². The molecular formula is C23H28N2O4. The maximum Gasteiger partial charge on any atom is 0.318 e. The van der Waals surface area contributed by atoms with E-state index in [4.69, 9.17) is 9.47 Å². The van der Waals surface area contributed by atoms with E-state index in [2.05, 4.69) is 5.32 Å². The summed E-state index contributed by atoms with van der Waals surface area (Å²) in [6.45, 7) is 4.30. The van der Waals surface area contributed by atoms with Gasteiger partial charge in [-0.2, -0.15) is 0 Å². The average molecular weight is 396 g/mol. The lowest BCUT2D eigenvalue weighted by Gasteiger charge is -2.45. The third-order valence-electron chi connectivity index (χ3n) is 5.53. The number of methoxy groups -OCH3 is 2. The summed E-state index contributed by atoms with van der Waals surface area (Å²) in [5.74, 6) is 1.31. The molecule has 154 valence electrons. The minimum Gasteiger partial charge on any atom is -0.497 e. The highest BCUT2D eigenvalue weighted by molar-refractivity contribution is 5.86. The second-order valence-electron chi connectivity index (χ2n) is 7.21. The highest BCUT2D eigenvalue weighted by atomic mass is 16.5. The molecule has 6 heteroatoms. The standard InChI is InChI=1S/C23H28N2O4/c1-5-24-23(27)25-20(16-6-10-18(28-3)11-7-16)14-21(26)15(2)22(25)17-8-12-19(29-4)13-9-17/h6-13,15,20,22H,5,14H2,1-4H3,(H,24,27)/t15-,20-,22+/m0/s1. The lowest BCUT2D eigenvalue weighted by molar-refractivity contribution is -0.129. The van der Waals surface area contributed by atoms with Crippen LogP contribution in [0.4, 0.5) is 4.79 Å². The fourth-order valence-corrected chi connectivity index (χ4v) is 3.95. The smallest absolute Gasteiger partial charge is 0.318 e. The van der Waals surface area contributed by atoms with Crippen LogP contribution in [-0.4, -0.2) is 37.5 Å². The highest BCUT2D eigenvalue weighted by Crippen LogP contribution is 2.43. The van der Waals surface area contributed by atoms with Gasteiger partial charge >= 0.3 is 6.03 Å². The monoisotopic (exact) mass is 396 g/mol. The van der Waals surface area contributed by atoms with Gasteiger partial charge in [-0.25, -0.2) is 4.79 Å². The molecular weight excluding hydrogens is 368 g/mol. The SMILES string of the molecule is CCNC(=O)N1[C@H](c2ccc(OC)cc2)CC(=O)[C@H](C)[C@@H]1c1ccc(OC)cc1.